The topological polar surface area (TPSA) is 79.9 Å². The third kappa shape index (κ3) is 18.2. The molecular weight excluding hydrogens is 358 g/mol. The summed E-state index contributed by atoms with van der Waals surface area (Å²) in [4.78, 5) is 25.0. The van der Waals surface area contributed by atoms with Crippen molar-refractivity contribution in [2.24, 2.45) is 0 Å². The molecule has 0 bridgehead atoms. The number of hydrogen-bond acceptors (Lipinski definition) is 5. The average molecular weight is 402 g/mol. The molecule has 7 heteroatoms. The van der Waals surface area contributed by atoms with Gasteiger partial charge in [0.1, 0.15) is 0 Å². The van der Waals surface area contributed by atoms with Crippen molar-refractivity contribution in [1.29, 1.82) is 0 Å². The van der Waals surface area contributed by atoms with Gasteiger partial charge in [0, 0.05) is 52.2 Å². The lowest BCUT2D eigenvalue weighted by molar-refractivity contribution is -0.122. The molecule has 0 aromatic rings. The summed E-state index contributed by atoms with van der Waals surface area (Å²) >= 11 is 0. The molecule has 0 aliphatic carbocycles. The van der Waals surface area contributed by atoms with Gasteiger partial charge in [0.25, 0.3) is 0 Å². The van der Waals surface area contributed by atoms with Gasteiger partial charge < -0.3 is 20.1 Å². The summed E-state index contributed by atoms with van der Waals surface area (Å²) in [6.45, 7) is 13.1. The molecule has 0 aliphatic heterocycles. The minimum atomic E-state index is 0.125. The predicted molar refractivity (Wildman–Crippen MR) is 113 cm³/mol. The van der Waals surface area contributed by atoms with Gasteiger partial charge in [-0.05, 0) is 38.6 Å². The van der Waals surface area contributed by atoms with Crippen LogP contribution in [0.1, 0.15) is 65.7 Å². The number of nitrogens with zero attached hydrogens (tertiary/aromatic N) is 1. The molecule has 0 aliphatic rings. The normalized spacial score (nSPS) is 11.0. The number of rotatable bonds is 20. The number of nitrogens with one attached hydrogen (secondary N) is 2. The average Bonchev–Trinajstić information content (AvgIpc) is 2.66. The molecule has 0 saturated heterocycles. The molecule has 2 N–H and O–H groups in total. The maximum absolute atomic E-state index is 11.3. The molecule has 0 spiro atoms. The Labute approximate surface area is 171 Å². The molecule has 166 valence electrons. The summed E-state index contributed by atoms with van der Waals surface area (Å²) in [5.41, 5.74) is 0. The summed E-state index contributed by atoms with van der Waals surface area (Å²) < 4.78 is 11.4. The first-order valence-electron chi connectivity index (χ1n) is 11.0. The second kappa shape index (κ2) is 20.6. The minimum absolute atomic E-state index is 0.125. The Morgan fingerprint density at radius 2 is 1.14 bits per heavy atom. The van der Waals surface area contributed by atoms with E-state index in [4.69, 9.17) is 9.47 Å². The Kier molecular flexibility index (Phi) is 19.7. The Morgan fingerprint density at radius 1 is 0.679 bits per heavy atom. The number of hydrogen-bond donors (Lipinski definition) is 2. The van der Waals surface area contributed by atoms with E-state index in [1.807, 2.05) is 13.8 Å². The predicted octanol–water partition coefficient (Wildman–Crippen LogP) is 2.34. The first kappa shape index (κ1) is 26.8. The van der Waals surface area contributed by atoms with E-state index < -0.39 is 0 Å². The second-order valence-corrected chi connectivity index (χ2v) is 6.97. The van der Waals surface area contributed by atoms with Crippen molar-refractivity contribution < 1.29 is 19.1 Å². The lowest BCUT2D eigenvalue weighted by Gasteiger charge is -2.21. The molecule has 0 saturated carbocycles. The first-order valence-corrected chi connectivity index (χ1v) is 11.0. The van der Waals surface area contributed by atoms with E-state index in [1.54, 1.807) is 0 Å². The van der Waals surface area contributed by atoms with E-state index in [0.29, 0.717) is 52.4 Å². The maximum Gasteiger partial charge on any atom is 0.219 e. The monoisotopic (exact) mass is 401 g/mol. The van der Waals surface area contributed by atoms with Crippen LogP contribution in [0, 0.1) is 0 Å². The van der Waals surface area contributed by atoms with Gasteiger partial charge in [-0.3, -0.25) is 14.5 Å². The Bertz CT molecular complexity index is 349. The van der Waals surface area contributed by atoms with Gasteiger partial charge in [-0.25, -0.2) is 0 Å². The molecule has 0 fully saturated rings. The fourth-order valence-corrected chi connectivity index (χ4v) is 2.68. The van der Waals surface area contributed by atoms with E-state index in [9.17, 15) is 9.59 Å². The third-order valence-corrected chi connectivity index (χ3v) is 4.17. The standard InChI is InChI=1S/C21H43N3O4/c1-4-9-20(25)22-11-7-16-27-18-14-24(13-6-3)15-19-28-17-8-12-23-21(26)10-5-2/h4-19H2,1-3H3,(H,22,25)(H,23,26). The molecule has 0 radical (unpaired) electrons. The van der Waals surface area contributed by atoms with Gasteiger partial charge in [-0.2, -0.15) is 0 Å². The van der Waals surface area contributed by atoms with Crippen LogP contribution in [-0.2, 0) is 19.1 Å². The number of amides is 2. The molecule has 0 aromatic heterocycles. The number of carbonyl (C=O) groups excluding carboxylic acids is 2. The zero-order valence-electron chi connectivity index (χ0n) is 18.4. The molecule has 2 amide bonds. The lowest BCUT2D eigenvalue weighted by atomic mass is 10.3. The van der Waals surface area contributed by atoms with Gasteiger partial charge in [0.15, 0.2) is 0 Å². The minimum Gasteiger partial charge on any atom is -0.380 e. The van der Waals surface area contributed by atoms with E-state index in [-0.39, 0.29) is 11.8 Å². The van der Waals surface area contributed by atoms with Crippen LogP contribution in [0.3, 0.4) is 0 Å². The molecule has 7 nitrogen and oxygen atoms in total. The Balaban J connectivity index is 3.57. The van der Waals surface area contributed by atoms with Crippen LogP contribution in [-0.4, -0.2) is 75.9 Å². The zero-order chi connectivity index (χ0) is 20.9. The highest BCUT2D eigenvalue weighted by Gasteiger charge is 2.04. The number of carbonyl (C=O) groups is 2. The van der Waals surface area contributed by atoms with Crippen LogP contribution in [0.2, 0.25) is 0 Å². The van der Waals surface area contributed by atoms with Crippen molar-refractivity contribution in [3.8, 4) is 0 Å². The zero-order valence-corrected chi connectivity index (χ0v) is 18.4. The molecule has 0 rings (SSSR count). The molecule has 0 aromatic carbocycles. The van der Waals surface area contributed by atoms with E-state index in [0.717, 1.165) is 51.7 Å². The van der Waals surface area contributed by atoms with Crippen LogP contribution in [0.15, 0.2) is 0 Å². The highest BCUT2D eigenvalue weighted by Crippen LogP contribution is 1.94. The molecule has 28 heavy (non-hydrogen) atoms. The fourth-order valence-electron chi connectivity index (χ4n) is 2.68. The van der Waals surface area contributed by atoms with E-state index >= 15 is 0 Å². The molecular formula is C21H43N3O4. The van der Waals surface area contributed by atoms with Gasteiger partial charge >= 0.3 is 0 Å². The van der Waals surface area contributed by atoms with Crippen molar-refractivity contribution in [3.05, 3.63) is 0 Å². The van der Waals surface area contributed by atoms with Crippen LogP contribution < -0.4 is 10.6 Å². The molecule has 0 heterocycles. The largest absolute Gasteiger partial charge is 0.380 e. The maximum atomic E-state index is 11.3. The van der Waals surface area contributed by atoms with E-state index in [1.165, 1.54) is 0 Å². The van der Waals surface area contributed by atoms with Gasteiger partial charge in [-0.15, -0.1) is 0 Å². The van der Waals surface area contributed by atoms with Gasteiger partial charge in [0.2, 0.25) is 11.8 Å². The van der Waals surface area contributed by atoms with Crippen molar-refractivity contribution in [3.63, 3.8) is 0 Å². The Morgan fingerprint density at radius 3 is 1.54 bits per heavy atom. The highest BCUT2D eigenvalue weighted by atomic mass is 16.5. The number of ether oxygens (including phenoxy) is 2. The quantitative estimate of drug-likeness (QED) is 0.306. The van der Waals surface area contributed by atoms with Crippen LogP contribution in [0.5, 0.6) is 0 Å². The summed E-state index contributed by atoms with van der Waals surface area (Å²) in [7, 11) is 0. The van der Waals surface area contributed by atoms with Crippen LogP contribution >= 0.6 is 0 Å². The van der Waals surface area contributed by atoms with Crippen LogP contribution in [0.25, 0.3) is 0 Å². The molecule has 0 atom stereocenters. The fraction of sp³-hybridized carbons (Fsp3) is 0.905. The first-order chi connectivity index (χ1) is 13.6. The Hall–Kier alpha value is -1.18. The lowest BCUT2D eigenvalue weighted by Crippen LogP contribution is -2.32. The van der Waals surface area contributed by atoms with E-state index in [2.05, 4.69) is 22.5 Å². The van der Waals surface area contributed by atoms with Crippen molar-refractivity contribution >= 4 is 11.8 Å². The highest BCUT2D eigenvalue weighted by molar-refractivity contribution is 5.76. The van der Waals surface area contributed by atoms with Crippen molar-refractivity contribution in [2.45, 2.75) is 65.7 Å². The smallest absolute Gasteiger partial charge is 0.219 e. The van der Waals surface area contributed by atoms with Crippen molar-refractivity contribution in [1.82, 2.24) is 15.5 Å². The summed E-state index contributed by atoms with van der Waals surface area (Å²) in [5, 5.41) is 5.79. The summed E-state index contributed by atoms with van der Waals surface area (Å²) in [6, 6.07) is 0. The third-order valence-electron chi connectivity index (χ3n) is 4.17. The summed E-state index contributed by atoms with van der Waals surface area (Å²) in [5.74, 6) is 0.250. The van der Waals surface area contributed by atoms with Crippen LogP contribution in [0.4, 0.5) is 0 Å². The van der Waals surface area contributed by atoms with Gasteiger partial charge in [0.05, 0.1) is 13.2 Å². The SMILES string of the molecule is CCCC(=O)NCCCOCCN(CCC)CCOCCCNC(=O)CCC. The van der Waals surface area contributed by atoms with Gasteiger partial charge in [-0.1, -0.05) is 20.8 Å². The second-order valence-electron chi connectivity index (χ2n) is 6.97. The molecule has 0 unspecified atom stereocenters. The van der Waals surface area contributed by atoms with Crippen molar-refractivity contribution in [2.75, 3.05) is 59.2 Å². The summed E-state index contributed by atoms with van der Waals surface area (Å²) in [6.07, 6.45) is 5.77.